The highest BCUT2D eigenvalue weighted by molar-refractivity contribution is 9.10. The molecule has 0 fully saturated rings. The number of carbonyl (C=O) groups is 1. The van der Waals surface area contributed by atoms with Gasteiger partial charge in [-0.25, -0.2) is 0 Å². The first-order valence-corrected chi connectivity index (χ1v) is 7.62. The number of likely N-dealkylation sites (N-methyl/N-ethyl adjacent to an activating group) is 1. The van der Waals surface area contributed by atoms with Crippen LogP contribution in [0.25, 0.3) is 0 Å². The second-order valence-electron chi connectivity index (χ2n) is 4.22. The minimum atomic E-state index is -0.836. The van der Waals surface area contributed by atoms with E-state index in [1.807, 2.05) is 31.2 Å². The Labute approximate surface area is 120 Å². The van der Waals surface area contributed by atoms with Gasteiger partial charge in [0.1, 0.15) is 5.54 Å². The molecule has 0 aliphatic heterocycles. The third-order valence-electron chi connectivity index (χ3n) is 2.72. The van der Waals surface area contributed by atoms with Gasteiger partial charge < -0.3 is 10.4 Å². The van der Waals surface area contributed by atoms with Crippen molar-refractivity contribution in [2.45, 2.75) is 30.7 Å². The number of hydrogen-bond donors (Lipinski definition) is 2. The predicted molar refractivity (Wildman–Crippen MR) is 79.2 cm³/mol. The van der Waals surface area contributed by atoms with Gasteiger partial charge in [0, 0.05) is 15.1 Å². The number of benzene rings is 1. The van der Waals surface area contributed by atoms with Crippen LogP contribution in [-0.4, -0.2) is 28.9 Å². The van der Waals surface area contributed by atoms with Crippen LogP contribution < -0.4 is 5.32 Å². The highest BCUT2D eigenvalue weighted by Crippen LogP contribution is 2.23. The molecule has 1 unspecified atom stereocenters. The molecule has 5 heteroatoms. The number of nitrogens with one attached hydrogen (secondary N) is 1. The van der Waals surface area contributed by atoms with Gasteiger partial charge in [0.25, 0.3) is 0 Å². The first-order chi connectivity index (χ1) is 8.48. The fraction of sp³-hybridized carbons (Fsp3) is 0.462. The van der Waals surface area contributed by atoms with Crippen LogP contribution in [0.1, 0.15) is 20.3 Å². The molecule has 0 spiro atoms. The zero-order chi connectivity index (χ0) is 13.6. The molecule has 2 N–H and O–H groups in total. The standard InChI is InChI=1S/C13H18BrNO2S/c1-3-15-13(2,12(16)17)8-9-18-11-6-4-10(14)5-7-11/h4-7,15H,3,8-9H2,1-2H3,(H,16,17). The summed E-state index contributed by atoms with van der Waals surface area (Å²) in [5.74, 6) is -0.0157. The van der Waals surface area contributed by atoms with E-state index in [0.717, 1.165) is 15.1 Å². The highest BCUT2D eigenvalue weighted by atomic mass is 79.9. The third-order valence-corrected chi connectivity index (χ3v) is 4.27. The summed E-state index contributed by atoms with van der Waals surface area (Å²) < 4.78 is 1.05. The fourth-order valence-electron chi connectivity index (χ4n) is 1.56. The van der Waals surface area contributed by atoms with Crippen molar-refractivity contribution in [1.82, 2.24) is 5.32 Å². The Morgan fingerprint density at radius 3 is 2.56 bits per heavy atom. The number of hydrogen-bond acceptors (Lipinski definition) is 3. The lowest BCUT2D eigenvalue weighted by atomic mass is 9.99. The molecule has 1 aromatic rings. The Hall–Kier alpha value is -0.520. The summed E-state index contributed by atoms with van der Waals surface area (Å²) in [4.78, 5) is 12.4. The minimum absolute atomic E-state index is 0.594. The zero-order valence-corrected chi connectivity index (χ0v) is 13.0. The maximum atomic E-state index is 11.2. The number of carboxylic acid groups (broad SMARTS) is 1. The molecule has 1 rings (SSSR count). The molecule has 0 radical (unpaired) electrons. The molecule has 18 heavy (non-hydrogen) atoms. The van der Waals surface area contributed by atoms with Crippen molar-refractivity contribution in [1.29, 1.82) is 0 Å². The molecule has 3 nitrogen and oxygen atoms in total. The van der Waals surface area contributed by atoms with Gasteiger partial charge >= 0.3 is 5.97 Å². The first-order valence-electron chi connectivity index (χ1n) is 5.85. The van der Waals surface area contributed by atoms with E-state index in [-0.39, 0.29) is 0 Å². The molecular weight excluding hydrogens is 314 g/mol. The van der Waals surface area contributed by atoms with Crippen molar-refractivity contribution in [3.05, 3.63) is 28.7 Å². The number of carboxylic acids is 1. The molecule has 100 valence electrons. The van der Waals surface area contributed by atoms with Crippen LogP contribution in [0.15, 0.2) is 33.6 Å². The number of thioether (sulfide) groups is 1. The predicted octanol–water partition coefficient (Wildman–Crippen LogP) is 3.38. The Kier molecular flexibility index (Phi) is 6.18. The van der Waals surface area contributed by atoms with E-state index in [0.29, 0.717) is 13.0 Å². The van der Waals surface area contributed by atoms with Gasteiger partial charge in [0.05, 0.1) is 0 Å². The molecule has 0 aliphatic carbocycles. The lowest BCUT2D eigenvalue weighted by molar-refractivity contribution is -0.144. The molecule has 0 saturated heterocycles. The molecule has 1 atom stereocenters. The average Bonchev–Trinajstić information content (AvgIpc) is 2.32. The lowest BCUT2D eigenvalue weighted by Gasteiger charge is -2.25. The summed E-state index contributed by atoms with van der Waals surface area (Å²) in [5, 5.41) is 12.3. The molecule has 0 saturated carbocycles. The van der Waals surface area contributed by atoms with Gasteiger partial charge in [-0.15, -0.1) is 11.8 Å². The summed E-state index contributed by atoms with van der Waals surface area (Å²) in [5.41, 5.74) is -0.836. The van der Waals surface area contributed by atoms with Crippen molar-refractivity contribution in [3.63, 3.8) is 0 Å². The van der Waals surface area contributed by atoms with Crippen LogP contribution in [0.4, 0.5) is 0 Å². The molecule has 0 aliphatic rings. The van der Waals surface area contributed by atoms with E-state index in [1.165, 1.54) is 0 Å². The molecule has 0 bridgehead atoms. The second kappa shape index (κ2) is 7.16. The van der Waals surface area contributed by atoms with E-state index in [2.05, 4.69) is 21.2 Å². The summed E-state index contributed by atoms with van der Waals surface area (Å²) in [6.45, 7) is 4.32. The number of rotatable bonds is 7. The lowest BCUT2D eigenvalue weighted by Crippen LogP contribution is -2.49. The molecular formula is C13H18BrNO2S. The highest BCUT2D eigenvalue weighted by Gasteiger charge is 2.31. The van der Waals surface area contributed by atoms with Crippen LogP contribution in [0, 0.1) is 0 Å². The average molecular weight is 332 g/mol. The van der Waals surface area contributed by atoms with Gasteiger partial charge in [0.2, 0.25) is 0 Å². The van der Waals surface area contributed by atoms with Crippen LogP contribution in [0.3, 0.4) is 0 Å². The number of halogens is 1. The van der Waals surface area contributed by atoms with E-state index in [9.17, 15) is 9.90 Å². The zero-order valence-electron chi connectivity index (χ0n) is 10.6. The van der Waals surface area contributed by atoms with Crippen LogP contribution in [0.2, 0.25) is 0 Å². The van der Waals surface area contributed by atoms with Crippen molar-refractivity contribution in [2.24, 2.45) is 0 Å². The van der Waals surface area contributed by atoms with Crippen LogP contribution in [-0.2, 0) is 4.79 Å². The van der Waals surface area contributed by atoms with Gasteiger partial charge in [-0.3, -0.25) is 4.79 Å². The first kappa shape index (κ1) is 15.5. The quantitative estimate of drug-likeness (QED) is 0.752. The third kappa shape index (κ3) is 4.63. The Morgan fingerprint density at radius 1 is 1.44 bits per heavy atom. The van der Waals surface area contributed by atoms with Gasteiger partial charge in [-0.1, -0.05) is 22.9 Å². The molecule has 0 aromatic heterocycles. The topological polar surface area (TPSA) is 49.3 Å². The molecule has 0 heterocycles. The van der Waals surface area contributed by atoms with Crippen LogP contribution >= 0.6 is 27.7 Å². The molecule has 1 aromatic carbocycles. The maximum absolute atomic E-state index is 11.2. The monoisotopic (exact) mass is 331 g/mol. The summed E-state index contributed by atoms with van der Waals surface area (Å²) in [6, 6.07) is 8.03. The van der Waals surface area contributed by atoms with E-state index in [1.54, 1.807) is 18.7 Å². The Morgan fingerprint density at radius 2 is 2.06 bits per heavy atom. The smallest absolute Gasteiger partial charge is 0.323 e. The normalized spacial score (nSPS) is 14.2. The van der Waals surface area contributed by atoms with E-state index >= 15 is 0 Å². The summed E-state index contributed by atoms with van der Waals surface area (Å²) >= 11 is 5.06. The minimum Gasteiger partial charge on any atom is -0.480 e. The van der Waals surface area contributed by atoms with E-state index in [4.69, 9.17) is 0 Å². The summed E-state index contributed by atoms with van der Waals surface area (Å²) in [7, 11) is 0. The number of aliphatic carboxylic acids is 1. The largest absolute Gasteiger partial charge is 0.480 e. The van der Waals surface area contributed by atoms with Crippen LogP contribution in [0.5, 0.6) is 0 Å². The summed E-state index contributed by atoms with van der Waals surface area (Å²) in [6.07, 6.45) is 0.594. The van der Waals surface area contributed by atoms with Crippen molar-refractivity contribution < 1.29 is 9.90 Å². The second-order valence-corrected chi connectivity index (χ2v) is 6.30. The van der Waals surface area contributed by atoms with Crippen molar-refractivity contribution in [3.8, 4) is 0 Å². The Bertz CT molecular complexity index is 396. The Balaban J connectivity index is 2.48. The molecule has 0 amide bonds. The van der Waals surface area contributed by atoms with Crippen molar-refractivity contribution >= 4 is 33.7 Å². The van der Waals surface area contributed by atoms with Crippen molar-refractivity contribution in [2.75, 3.05) is 12.3 Å². The van der Waals surface area contributed by atoms with Gasteiger partial charge in [0.15, 0.2) is 0 Å². The van der Waals surface area contributed by atoms with E-state index < -0.39 is 11.5 Å². The SMILES string of the molecule is CCNC(C)(CCSc1ccc(Br)cc1)C(=O)O. The van der Waals surface area contributed by atoms with Gasteiger partial charge in [-0.05, 0) is 44.2 Å². The van der Waals surface area contributed by atoms with Gasteiger partial charge in [-0.2, -0.15) is 0 Å². The fourth-order valence-corrected chi connectivity index (χ4v) is 2.90. The maximum Gasteiger partial charge on any atom is 0.323 e.